The Labute approximate surface area is 255 Å². The van der Waals surface area contributed by atoms with Crippen LogP contribution in [-0.4, -0.2) is 68.5 Å². The second-order valence-corrected chi connectivity index (χ2v) is 12.1. The number of nitrogens with one attached hydrogen (secondary N) is 1. The molecule has 12 nitrogen and oxygen atoms in total. The summed E-state index contributed by atoms with van der Waals surface area (Å²) < 4.78 is 14.2. The van der Waals surface area contributed by atoms with Gasteiger partial charge in [-0.1, -0.05) is 11.2 Å². The number of nitrogen functional groups attached to an aromatic ring is 1. The first kappa shape index (κ1) is 28.0. The van der Waals surface area contributed by atoms with Crippen LogP contribution in [0.5, 0.6) is 5.88 Å². The molecule has 4 aromatic rings. The molecule has 4 heterocycles. The highest BCUT2D eigenvalue weighted by Gasteiger charge is 2.49. The molecule has 3 aromatic heterocycles. The highest BCUT2D eigenvalue weighted by Crippen LogP contribution is 2.54. The second-order valence-electron chi connectivity index (χ2n) is 12.1. The van der Waals surface area contributed by atoms with Crippen LogP contribution in [0.2, 0.25) is 0 Å². The van der Waals surface area contributed by atoms with E-state index < -0.39 is 5.41 Å². The predicted octanol–water partition coefficient (Wildman–Crippen LogP) is 3.56. The van der Waals surface area contributed by atoms with E-state index in [1.54, 1.807) is 25.4 Å². The maximum atomic E-state index is 12.2. The van der Waals surface area contributed by atoms with E-state index in [2.05, 4.69) is 40.5 Å². The molecule has 7 rings (SSSR count). The van der Waals surface area contributed by atoms with Gasteiger partial charge in [-0.3, -0.25) is 9.69 Å². The molecule has 0 radical (unpaired) electrons. The van der Waals surface area contributed by atoms with Crippen molar-refractivity contribution in [3.63, 3.8) is 0 Å². The Morgan fingerprint density at radius 3 is 2.89 bits per heavy atom. The minimum absolute atomic E-state index is 0.114. The molecule has 3 atom stereocenters. The quantitative estimate of drug-likeness (QED) is 0.316. The van der Waals surface area contributed by atoms with Crippen LogP contribution in [0.15, 0.2) is 35.0 Å². The fourth-order valence-electron chi connectivity index (χ4n) is 7.46. The molecule has 1 aliphatic heterocycles. The standard InChI is InChI=1S/C32H35N9O3/c1-18(24-7-5-14-40(24)3)43-26-16-25(41-15-11-23(38-41)31(42)35-2)36-30(37-26)28-20-6-4-12-32(29(20)44-39-28)13-10-19-8-9-22(34)21(17-33)27(19)32/h8-9,11,15-16,18,24H,4-7,10,12-14,34H2,1-3H3,(H,35,42)/t18-,24-,32?/m0/s1. The molecule has 0 bridgehead atoms. The Hall–Kier alpha value is -4.76. The van der Waals surface area contributed by atoms with Crippen LogP contribution in [0.1, 0.15) is 77.5 Å². The van der Waals surface area contributed by atoms with E-state index >= 15 is 0 Å². The summed E-state index contributed by atoms with van der Waals surface area (Å²) in [5, 5.41) is 21.7. The number of anilines is 1. The van der Waals surface area contributed by atoms with Gasteiger partial charge in [0.05, 0.1) is 11.0 Å². The zero-order valence-corrected chi connectivity index (χ0v) is 25.1. The van der Waals surface area contributed by atoms with Crippen molar-refractivity contribution in [3.05, 3.63) is 64.2 Å². The van der Waals surface area contributed by atoms with Crippen molar-refractivity contribution in [2.24, 2.45) is 0 Å². The third-order valence-electron chi connectivity index (χ3n) is 9.60. The number of ether oxygens (including phenoxy) is 1. The van der Waals surface area contributed by atoms with Crippen LogP contribution in [0, 0.1) is 11.3 Å². The molecule has 1 unspecified atom stereocenters. The zero-order valence-electron chi connectivity index (χ0n) is 25.1. The molecule has 1 spiro atoms. The normalized spacial score (nSPS) is 21.5. The van der Waals surface area contributed by atoms with Gasteiger partial charge in [-0.25, -0.2) is 9.67 Å². The Morgan fingerprint density at radius 1 is 1.25 bits per heavy atom. The number of carbonyl (C=O) groups excluding carboxylic acids is 1. The fraction of sp³-hybridized carbons (Fsp3) is 0.438. The molecule has 1 amide bonds. The van der Waals surface area contributed by atoms with Gasteiger partial charge < -0.3 is 20.3 Å². The minimum Gasteiger partial charge on any atom is -0.473 e. The average Bonchev–Trinajstić information content (AvgIpc) is 3.84. The summed E-state index contributed by atoms with van der Waals surface area (Å²) >= 11 is 0. The largest absolute Gasteiger partial charge is 0.473 e. The minimum atomic E-state index is -0.475. The van der Waals surface area contributed by atoms with Gasteiger partial charge in [-0.05, 0) is 88.7 Å². The van der Waals surface area contributed by atoms with Crippen LogP contribution in [0.3, 0.4) is 0 Å². The molecule has 1 saturated heterocycles. The molecule has 0 saturated carbocycles. The van der Waals surface area contributed by atoms with Crippen LogP contribution < -0.4 is 15.8 Å². The Morgan fingerprint density at radius 2 is 2.11 bits per heavy atom. The van der Waals surface area contributed by atoms with E-state index in [9.17, 15) is 10.1 Å². The Balaban J connectivity index is 1.33. The second kappa shape index (κ2) is 10.7. The van der Waals surface area contributed by atoms with E-state index in [4.69, 9.17) is 25.0 Å². The van der Waals surface area contributed by atoms with Crippen LogP contribution >= 0.6 is 0 Å². The first-order valence-corrected chi connectivity index (χ1v) is 15.2. The number of rotatable bonds is 6. The molecule has 3 aliphatic rings. The highest BCUT2D eigenvalue weighted by molar-refractivity contribution is 5.91. The molecule has 226 valence electrons. The van der Waals surface area contributed by atoms with Gasteiger partial charge in [-0.15, -0.1) is 0 Å². The Bertz CT molecular complexity index is 1800. The van der Waals surface area contributed by atoms with Crippen molar-refractivity contribution in [1.82, 2.24) is 35.1 Å². The van der Waals surface area contributed by atoms with Gasteiger partial charge in [0.15, 0.2) is 28.8 Å². The number of nitrogens with two attached hydrogens (primary N) is 1. The third kappa shape index (κ3) is 4.42. The number of aromatic nitrogens is 5. The summed E-state index contributed by atoms with van der Waals surface area (Å²) in [5.74, 6) is 1.66. The van der Waals surface area contributed by atoms with Crippen LogP contribution in [0.4, 0.5) is 5.69 Å². The first-order valence-electron chi connectivity index (χ1n) is 15.2. The molecule has 44 heavy (non-hydrogen) atoms. The smallest absolute Gasteiger partial charge is 0.271 e. The monoisotopic (exact) mass is 593 g/mol. The summed E-state index contributed by atoms with van der Waals surface area (Å²) in [6.45, 7) is 3.09. The number of carbonyl (C=O) groups is 1. The third-order valence-corrected chi connectivity index (χ3v) is 9.60. The lowest BCUT2D eigenvalue weighted by molar-refractivity contribution is 0.0957. The lowest BCUT2D eigenvalue weighted by atomic mass is 9.68. The van der Waals surface area contributed by atoms with Gasteiger partial charge in [0.2, 0.25) is 5.88 Å². The van der Waals surface area contributed by atoms with Crippen LogP contribution in [-0.2, 0) is 18.3 Å². The van der Waals surface area contributed by atoms with Gasteiger partial charge in [0.1, 0.15) is 12.2 Å². The van der Waals surface area contributed by atoms with Gasteiger partial charge in [0, 0.05) is 36.6 Å². The summed E-state index contributed by atoms with van der Waals surface area (Å²) in [6, 6.07) is 9.85. The number of aryl methyl sites for hydroxylation is 1. The lowest BCUT2D eigenvalue weighted by Gasteiger charge is -2.33. The van der Waals surface area contributed by atoms with Crippen molar-refractivity contribution in [3.8, 4) is 29.3 Å². The van der Waals surface area contributed by atoms with Gasteiger partial charge in [-0.2, -0.15) is 15.3 Å². The maximum absolute atomic E-state index is 12.2. The van der Waals surface area contributed by atoms with Crippen molar-refractivity contribution in [1.29, 1.82) is 5.26 Å². The zero-order chi connectivity index (χ0) is 30.6. The van der Waals surface area contributed by atoms with Crippen molar-refractivity contribution in [2.45, 2.75) is 69.4 Å². The molecule has 3 N–H and O–H groups in total. The topological polar surface area (TPSA) is 161 Å². The molecular formula is C32H35N9O3. The average molecular weight is 594 g/mol. The summed E-state index contributed by atoms with van der Waals surface area (Å²) in [7, 11) is 3.68. The highest BCUT2D eigenvalue weighted by atomic mass is 16.5. The maximum Gasteiger partial charge on any atom is 0.271 e. The number of likely N-dealkylation sites (N-methyl/N-ethyl adjacent to an activating group) is 1. The molecule has 2 aliphatic carbocycles. The molecular weight excluding hydrogens is 558 g/mol. The van der Waals surface area contributed by atoms with E-state index in [0.717, 1.165) is 73.9 Å². The number of likely N-dealkylation sites (tertiary alicyclic amines) is 1. The summed E-state index contributed by atoms with van der Waals surface area (Å²) in [6.07, 6.45) is 7.88. The lowest BCUT2D eigenvalue weighted by Crippen LogP contribution is -2.38. The number of fused-ring (bicyclic) bond motifs is 4. The van der Waals surface area contributed by atoms with E-state index in [1.807, 2.05) is 12.1 Å². The van der Waals surface area contributed by atoms with Gasteiger partial charge in [0.25, 0.3) is 5.91 Å². The summed E-state index contributed by atoms with van der Waals surface area (Å²) in [4.78, 5) is 24.2. The van der Waals surface area contributed by atoms with E-state index in [1.165, 1.54) is 4.68 Å². The van der Waals surface area contributed by atoms with Crippen LogP contribution in [0.25, 0.3) is 17.3 Å². The van der Waals surface area contributed by atoms with Gasteiger partial charge >= 0.3 is 0 Å². The first-order chi connectivity index (χ1) is 21.3. The number of nitriles is 1. The SMILES string of the molecule is CNC(=O)c1ccn(-c2cc(O[C@@H](C)[C@@H]3CCCN3C)nc(-c3noc4c3CCCC43CCc4ccc(N)c(C#N)c43)n2)n1. The number of hydrogen-bond acceptors (Lipinski definition) is 10. The summed E-state index contributed by atoms with van der Waals surface area (Å²) in [5.41, 5.74) is 10.7. The van der Waals surface area contributed by atoms with Crippen molar-refractivity contribution in [2.75, 3.05) is 26.4 Å². The number of hydrogen-bond donors (Lipinski definition) is 2. The van der Waals surface area contributed by atoms with E-state index in [-0.39, 0.29) is 23.7 Å². The molecule has 1 fully saturated rings. The van der Waals surface area contributed by atoms with Crippen molar-refractivity contribution >= 4 is 11.6 Å². The number of benzene rings is 1. The van der Waals surface area contributed by atoms with E-state index in [0.29, 0.717) is 34.5 Å². The predicted molar refractivity (Wildman–Crippen MR) is 161 cm³/mol. The number of nitrogens with zero attached hydrogens (tertiary/aromatic N) is 7. The molecule has 12 heteroatoms. The molecule has 1 aromatic carbocycles. The Kier molecular flexibility index (Phi) is 6.85. The fourth-order valence-corrected chi connectivity index (χ4v) is 7.46. The number of amides is 1. The van der Waals surface area contributed by atoms with Crippen molar-refractivity contribution < 1.29 is 14.1 Å².